The molecule has 0 saturated heterocycles. The first-order chi connectivity index (χ1) is 8.70. The van der Waals surface area contributed by atoms with Crippen molar-refractivity contribution in [3.8, 4) is 17.7 Å². The molecule has 2 rings (SSSR count). The molecule has 1 aromatic carbocycles. The van der Waals surface area contributed by atoms with Crippen LogP contribution in [-0.2, 0) is 6.42 Å². The fraction of sp³-hybridized carbons (Fsp3) is 0.154. The van der Waals surface area contributed by atoms with Gasteiger partial charge in [0, 0.05) is 0 Å². The summed E-state index contributed by atoms with van der Waals surface area (Å²) < 4.78 is 5.61. The quantitative estimate of drug-likeness (QED) is 0.889. The van der Waals surface area contributed by atoms with Gasteiger partial charge < -0.3 is 10.5 Å². The molecule has 0 atom stereocenters. The molecule has 0 bridgehead atoms. The van der Waals surface area contributed by atoms with Gasteiger partial charge in [0.05, 0.1) is 18.1 Å². The second-order valence-electron chi connectivity index (χ2n) is 3.77. The molecular formula is C13H12N4O. The van der Waals surface area contributed by atoms with Crippen molar-refractivity contribution >= 4 is 5.82 Å². The molecule has 5 heteroatoms. The van der Waals surface area contributed by atoms with Crippen LogP contribution in [0.1, 0.15) is 11.1 Å². The molecule has 0 saturated carbocycles. The third-order valence-corrected chi connectivity index (χ3v) is 2.50. The van der Waals surface area contributed by atoms with Crippen molar-refractivity contribution in [3.63, 3.8) is 0 Å². The van der Waals surface area contributed by atoms with E-state index in [1.165, 1.54) is 6.33 Å². The van der Waals surface area contributed by atoms with Crippen molar-refractivity contribution in [2.45, 2.75) is 13.3 Å². The fourth-order valence-corrected chi connectivity index (χ4v) is 1.43. The maximum absolute atomic E-state index is 8.58. The first kappa shape index (κ1) is 11.9. The molecule has 90 valence electrons. The zero-order valence-electron chi connectivity index (χ0n) is 9.92. The summed E-state index contributed by atoms with van der Waals surface area (Å²) in [7, 11) is 0. The van der Waals surface area contributed by atoms with Crippen LogP contribution in [0.3, 0.4) is 0 Å². The Hall–Kier alpha value is -2.61. The summed E-state index contributed by atoms with van der Waals surface area (Å²) in [5.74, 6) is 1.49. The molecule has 0 fully saturated rings. The van der Waals surface area contributed by atoms with Gasteiger partial charge in [-0.1, -0.05) is 12.1 Å². The van der Waals surface area contributed by atoms with Gasteiger partial charge in [-0.25, -0.2) is 9.97 Å². The Morgan fingerprint density at radius 3 is 2.67 bits per heavy atom. The van der Waals surface area contributed by atoms with Gasteiger partial charge in [-0.2, -0.15) is 5.26 Å². The topological polar surface area (TPSA) is 84.8 Å². The van der Waals surface area contributed by atoms with Gasteiger partial charge in [-0.3, -0.25) is 0 Å². The van der Waals surface area contributed by atoms with Crippen LogP contribution in [0.4, 0.5) is 5.82 Å². The molecule has 0 aliphatic rings. The number of aromatic nitrogens is 2. The molecular weight excluding hydrogens is 228 g/mol. The molecule has 18 heavy (non-hydrogen) atoms. The van der Waals surface area contributed by atoms with E-state index in [9.17, 15) is 0 Å². The first-order valence-electron chi connectivity index (χ1n) is 5.41. The van der Waals surface area contributed by atoms with E-state index in [4.69, 9.17) is 15.7 Å². The van der Waals surface area contributed by atoms with Gasteiger partial charge in [0.2, 0.25) is 5.88 Å². The van der Waals surface area contributed by atoms with Crippen LogP contribution in [0.2, 0.25) is 0 Å². The van der Waals surface area contributed by atoms with Gasteiger partial charge in [-0.05, 0) is 24.6 Å². The van der Waals surface area contributed by atoms with E-state index in [0.29, 0.717) is 29.4 Å². The third-order valence-electron chi connectivity index (χ3n) is 2.50. The zero-order chi connectivity index (χ0) is 13.0. The number of hydrogen-bond donors (Lipinski definition) is 1. The molecule has 0 radical (unpaired) electrons. The molecule has 0 aliphatic carbocycles. The average molecular weight is 240 g/mol. The number of rotatable bonds is 3. The lowest BCUT2D eigenvalue weighted by atomic mass is 10.2. The normalized spacial score (nSPS) is 9.78. The number of nitrogen functional groups attached to an aromatic ring is 1. The fourth-order valence-electron chi connectivity index (χ4n) is 1.43. The van der Waals surface area contributed by atoms with Crippen molar-refractivity contribution < 1.29 is 4.74 Å². The van der Waals surface area contributed by atoms with E-state index in [0.717, 1.165) is 5.56 Å². The van der Waals surface area contributed by atoms with Crippen LogP contribution < -0.4 is 10.5 Å². The van der Waals surface area contributed by atoms with Crippen molar-refractivity contribution in [3.05, 3.63) is 41.7 Å². The van der Waals surface area contributed by atoms with E-state index < -0.39 is 0 Å². The molecule has 0 spiro atoms. The third kappa shape index (κ3) is 2.55. The Bertz CT molecular complexity index is 587. The van der Waals surface area contributed by atoms with Crippen molar-refractivity contribution in [1.82, 2.24) is 9.97 Å². The molecule has 0 amide bonds. The second kappa shape index (κ2) is 5.15. The standard InChI is InChI=1S/C13H12N4O/c1-9-12(15)16-8-17-13(9)18-11-4-2-10(3-5-11)6-7-14/h2-5,8H,6H2,1H3,(H2,15,16,17). The van der Waals surface area contributed by atoms with Crippen molar-refractivity contribution in [2.24, 2.45) is 0 Å². The Labute approximate surface area is 105 Å². The number of ether oxygens (including phenoxy) is 1. The lowest BCUT2D eigenvalue weighted by molar-refractivity contribution is 0.458. The smallest absolute Gasteiger partial charge is 0.227 e. The molecule has 0 unspecified atom stereocenters. The van der Waals surface area contributed by atoms with Gasteiger partial charge in [0.1, 0.15) is 17.9 Å². The lowest BCUT2D eigenvalue weighted by Gasteiger charge is -2.08. The minimum absolute atomic E-state index is 0.389. The summed E-state index contributed by atoms with van der Waals surface area (Å²) in [6, 6.07) is 9.38. The van der Waals surface area contributed by atoms with Gasteiger partial charge in [-0.15, -0.1) is 0 Å². The average Bonchev–Trinajstić information content (AvgIpc) is 2.38. The monoisotopic (exact) mass is 240 g/mol. The van der Waals surface area contributed by atoms with Gasteiger partial charge in [0.15, 0.2) is 0 Å². The van der Waals surface area contributed by atoms with Crippen LogP contribution in [0.25, 0.3) is 0 Å². The molecule has 1 aromatic heterocycles. The van der Waals surface area contributed by atoms with Crippen LogP contribution >= 0.6 is 0 Å². The first-order valence-corrected chi connectivity index (χ1v) is 5.41. The SMILES string of the molecule is Cc1c(N)ncnc1Oc1ccc(CC#N)cc1. The highest BCUT2D eigenvalue weighted by Crippen LogP contribution is 2.24. The zero-order valence-corrected chi connectivity index (χ0v) is 9.92. The lowest BCUT2D eigenvalue weighted by Crippen LogP contribution is -1.99. The summed E-state index contributed by atoms with van der Waals surface area (Å²) in [5, 5.41) is 8.58. The summed E-state index contributed by atoms with van der Waals surface area (Å²) in [5.41, 5.74) is 7.33. The number of nitrogens with zero attached hydrogens (tertiary/aromatic N) is 3. The Morgan fingerprint density at radius 2 is 2.00 bits per heavy atom. The van der Waals surface area contributed by atoms with Crippen LogP contribution in [0.5, 0.6) is 11.6 Å². The number of nitrogens with two attached hydrogens (primary N) is 1. The predicted octanol–water partition coefficient (Wildman–Crippen LogP) is 2.23. The number of hydrogen-bond acceptors (Lipinski definition) is 5. The Kier molecular flexibility index (Phi) is 3.39. The molecule has 2 N–H and O–H groups in total. The highest BCUT2D eigenvalue weighted by atomic mass is 16.5. The summed E-state index contributed by atoms with van der Waals surface area (Å²) in [4.78, 5) is 7.90. The van der Waals surface area contributed by atoms with E-state index in [-0.39, 0.29) is 0 Å². The van der Waals surface area contributed by atoms with Crippen molar-refractivity contribution in [1.29, 1.82) is 5.26 Å². The van der Waals surface area contributed by atoms with Crippen molar-refractivity contribution in [2.75, 3.05) is 5.73 Å². The van der Waals surface area contributed by atoms with Gasteiger partial charge in [0.25, 0.3) is 0 Å². The number of anilines is 1. The van der Waals surface area contributed by atoms with Crippen LogP contribution in [-0.4, -0.2) is 9.97 Å². The largest absolute Gasteiger partial charge is 0.439 e. The number of nitriles is 1. The highest BCUT2D eigenvalue weighted by molar-refractivity contribution is 5.44. The van der Waals surface area contributed by atoms with Crippen LogP contribution in [0.15, 0.2) is 30.6 Å². The van der Waals surface area contributed by atoms with E-state index in [1.54, 1.807) is 19.1 Å². The Balaban J connectivity index is 2.19. The summed E-state index contributed by atoms with van der Waals surface area (Å²) in [6.07, 6.45) is 1.75. The Morgan fingerprint density at radius 1 is 1.28 bits per heavy atom. The maximum Gasteiger partial charge on any atom is 0.227 e. The minimum atomic E-state index is 0.389. The molecule has 0 aliphatic heterocycles. The second-order valence-corrected chi connectivity index (χ2v) is 3.77. The predicted molar refractivity (Wildman–Crippen MR) is 67.0 cm³/mol. The summed E-state index contributed by atoms with van der Waals surface area (Å²) in [6.45, 7) is 1.80. The van der Waals surface area contributed by atoms with E-state index in [2.05, 4.69) is 16.0 Å². The van der Waals surface area contributed by atoms with Gasteiger partial charge >= 0.3 is 0 Å². The molecule has 1 heterocycles. The maximum atomic E-state index is 8.58. The van der Waals surface area contributed by atoms with E-state index >= 15 is 0 Å². The summed E-state index contributed by atoms with van der Waals surface area (Å²) >= 11 is 0. The van der Waals surface area contributed by atoms with E-state index in [1.807, 2.05) is 12.1 Å². The highest BCUT2D eigenvalue weighted by Gasteiger charge is 2.06. The van der Waals surface area contributed by atoms with Crippen LogP contribution in [0, 0.1) is 18.3 Å². The number of benzene rings is 1. The molecule has 5 nitrogen and oxygen atoms in total. The molecule has 2 aromatic rings. The minimum Gasteiger partial charge on any atom is -0.439 e.